The first kappa shape index (κ1) is 17.7. The van der Waals surface area contributed by atoms with Crippen LogP contribution >= 0.6 is 15.9 Å². The van der Waals surface area contributed by atoms with Crippen molar-refractivity contribution in [3.05, 3.63) is 74.6 Å². The van der Waals surface area contributed by atoms with Gasteiger partial charge in [-0.3, -0.25) is 0 Å². The van der Waals surface area contributed by atoms with Crippen LogP contribution in [0.2, 0.25) is 0 Å². The van der Waals surface area contributed by atoms with Crippen molar-refractivity contribution in [2.75, 3.05) is 11.9 Å². The van der Waals surface area contributed by atoms with Crippen LogP contribution in [0.4, 0.5) is 5.69 Å². The van der Waals surface area contributed by atoms with Crippen molar-refractivity contribution in [1.29, 1.82) is 0 Å². The van der Waals surface area contributed by atoms with Gasteiger partial charge in [-0.15, -0.1) is 0 Å². The molecule has 0 atom stereocenters. The zero-order valence-electron chi connectivity index (χ0n) is 15.0. The molecule has 25 heavy (non-hydrogen) atoms. The zero-order valence-corrected chi connectivity index (χ0v) is 16.6. The van der Waals surface area contributed by atoms with E-state index in [1.807, 2.05) is 37.4 Å². The van der Waals surface area contributed by atoms with Gasteiger partial charge >= 0.3 is 5.63 Å². The van der Waals surface area contributed by atoms with Gasteiger partial charge in [0.25, 0.3) is 0 Å². The molecule has 1 heterocycles. The Labute approximate surface area is 156 Å². The summed E-state index contributed by atoms with van der Waals surface area (Å²) in [4.78, 5) is 14.1. The molecule has 0 radical (unpaired) electrons. The van der Waals surface area contributed by atoms with Crippen LogP contribution in [-0.2, 0) is 12.0 Å². The predicted octanol–water partition coefficient (Wildman–Crippen LogP) is 5.49. The quantitative estimate of drug-likeness (QED) is 0.545. The lowest BCUT2D eigenvalue weighted by Crippen LogP contribution is -2.19. The second-order valence-electron chi connectivity index (χ2n) is 7.36. The molecule has 0 fully saturated rings. The van der Waals surface area contributed by atoms with Crippen LogP contribution < -0.4 is 10.5 Å². The van der Waals surface area contributed by atoms with E-state index in [9.17, 15) is 4.79 Å². The number of fused-ring (bicyclic) bond motifs is 1. The summed E-state index contributed by atoms with van der Waals surface area (Å²) in [6.45, 7) is 7.23. The smallest absolute Gasteiger partial charge is 0.338 e. The van der Waals surface area contributed by atoms with Gasteiger partial charge in [0, 0.05) is 29.5 Å². The van der Waals surface area contributed by atoms with Crippen molar-refractivity contribution in [2.24, 2.45) is 0 Å². The minimum absolute atomic E-state index is 0.0304. The molecule has 0 aliphatic heterocycles. The summed E-state index contributed by atoms with van der Waals surface area (Å²) >= 11 is 3.59. The minimum Gasteiger partial charge on any atom is -0.423 e. The molecular weight excluding hydrogens is 378 g/mol. The largest absolute Gasteiger partial charge is 0.423 e. The van der Waals surface area contributed by atoms with Crippen molar-refractivity contribution >= 4 is 32.6 Å². The molecule has 4 heteroatoms. The van der Waals surface area contributed by atoms with E-state index in [1.54, 1.807) is 6.07 Å². The second kappa shape index (κ2) is 6.68. The molecule has 3 aromatic rings. The van der Waals surface area contributed by atoms with Gasteiger partial charge in [0.2, 0.25) is 0 Å². The first-order valence-electron chi connectivity index (χ1n) is 8.28. The summed E-state index contributed by atoms with van der Waals surface area (Å²) in [5.41, 5.74) is 3.58. The molecule has 0 unspecified atom stereocenters. The van der Waals surface area contributed by atoms with Gasteiger partial charge < -0.3 is 9.32 Å². The highest BCUT2D eigenvalue weighted by Gasteiger charge is 2.17. The Morgan fingerprint density at radius 3 is 2.48 bits per heavy atom. The summed E-state index contributed by atoms with van der Waals surface area (Å²) < 4.78 is 6.46. The van der Waals surface area contributed by atoms with Crippen molar-refractivity contribution in [3.8, 4) is 0 Å². The van der Waals surface area contributed by atoms with Crippen LogP contribution in [0.1, 0.15) is 31.9 Å². The number of hydrogen-bond donors (Lipinski definition) is 0. The highest BCUT2D eigenvalue weighted by molar-refractivity contribution is 9.10. The molecule has 0 N–H and O–H groups in total. The van der Waals surface area contributed by atoms with Crippen molar-refractivity contribution < 1.29 is 4.42 Å². The fraction of sp³-hybridized carbons (Fsp3) is 0.286. The average Bonchev–Trinajstić information content (AvgIpc) is 2.54. The lowest BCUT2D eigenvalue weighted by molar-refractivity contribution is 0.558. The number of benzene rings is 2. The zero-order chi connectivity index (χ0) is 18.2. The van der Waals surface area contributed by atoms with Gasteiger partial charge in [0.15, 0.2) is 0 Å². The Hall–Kier alpha value is -2.07. The summed E-state index contributed by atoms with van der Waals surface area (Å²) in [6, 6.07) is 15.7. The Morgan fingerprint density at radius 1 is 1.08 bits per heavy atom. The van der Waals surface area contributed by atoms with Gasteiger partial charge in [0.05, 0.1) is 5.69 Å². The van der Waals surface area contributed by atoms with Crippen LogP contribution in [0.5, 0.6) is 0 Å². The molecule has 3 rings (SSSR count). The summed E-state index contributed by atoms with van der Waals surface area (Å²) in [5.74, 6) is 0. The molecule has 0 amide bonds. The number of rotatable bonds is 3. The molecule has 130 valence electrons. The lowest BCUT2D eigenvalue weighted by Gasteiger charge is -2.23. The molecule has 1 aromatic heterocycles. The first-order valence-corrected chi connectivity index (χ1v) is 9.08. The molecular formula is C21H22BrNO2. The monoisotopic (exact) mass is 399 g/mol. The minimum atomic E-state index is -0.329. The molecule has 0 saturated heterocycles. The van der Waals surface area contributed by atoms with E-state index < -0.39 is 0 Å². The van der Waals surface area contributed by atoms with Gasteiger partial charge in [-0.25, -0.2) is 4.79 Å². The number of hydrogen-bond acceptors (Lipinski definition) is 3. The lowest BCUT2D eigenvalue weighted by atomic mass is 9.86. The molecule has 0 saturated carbocycles. The Morgan fingerprint density at radius 2 is 1.80 bits per heavy atom. The van der Waals surface area contributed by atoms with Crippen LogP contribution in [0.15, 0.2) is 62.2 Å². The Balaban J connectivity index is 2.10. The Bertz CT molecular complexity index is 970. The number of anilines is 1. The van der Waals surface area contributed by atoms with E-state index in [0.29, 0.717) is 12.1 Å². The van der Waals surface area contributed by atoms with Crippen molar-refractivity contribution in [1.82, 2.24) is 0 Å². The van der Waals surface area contributed by atoms with Gasteiger partial charge in [-0.2, -0.15) is 0 Å². The normalized spacial score (nSPS) is 11.7. The maximum Gasteiger partial charge on any atom is 0.338 e. The summed E-state index contributed by atoms with van der Waals surface area (Å²) in [6.07, 6.45) is 0. The maximum atomic E-state index is 12.0. The van der Waals surface area contributed by atoms with Crippen LogP contribution in [0.25, 0.3) is 11.0 Å². The topological polar surface area (TPSA) is 33.5 Å². The molecule has 0 aliphatic rings. The molecule has 0 bridgehead atoms. The van der Waals surface area contributed by atoms with Crippen molar-refractivity contribution in [2.45, 2.75) is 32.7 Å². The molecule has 2 aromatic carbocycles. The third kappa shape index (κ3) is 3.79. The third-order valence-electron chi connectivity index (χ3n) is 4.36. The summed E-state index contributed by atoms with van der Waals surface area (Å²) in [5, 5.41) is 0.960. The van der Waals surface area contributed by atoms with E-state index in [1.165, 1.54) is 11.1 Å². The second-order valence-corrected chi connectivity index (χ2v) is 8.21. The van der Waals surface area contributed by atoms with E-state index in [-0.39, 0.29) is 11.0 Å². The fourth-order valence-electron chi connectivity index (χ4n) is 2.90. The predicted molar refractivity (Wildman–Crippen MR) is 107 cm³/mol. The number of halogens is 1. The van der Waals surface area contributed by atoms with Crippen LogP contribution in [0, 0.1) is 0 Å². The molecule has 3 nitrogen and oxygen atoms in total. The average molecular weight is 400 g/mol. The summed E-state index contributed by atoms with van der Waals surface area (Å²) in [7, 11) is 2.00. The van der Waals surface area contributed by atoms with Crippen LogP contribution in [0.3, 0.4) is 0 Å². The molecule has 0 aliphatic carbocycles. The van der Waals surface area contributed by atoms with Gasteiger partial charge in [-0.05, 0) is 34.7 Å². The fourth-order valence-corrected chi connectivity index (χ4v) is 3.31. The van der Waals surface area contributed by atoms with E-state index in [4.69, 9.17) is 4.42 Å². The molecule has 0 spiro atoms. The maximum absolute atomic E-state index is 12.0. The SMILES string of the molecule is CN(Cc1ccccc1Br)c1cc(=O)oc2ccc(C(C)(C)C)cc12. The van der Waals surface area contributed by atoms with Gasteiger partial charge in [-0.1, -0.05) is 61.0 Å². The van der Waals surface area contributed by atoms with Crippen LogP contribution in [-0.4, -0.2) is 7.05 Å². The first-order chi connectivity index (χ1) is 11.8. The highest BCUT2D eigenvalue weighted by atomic mass is 79.9. The van der Waals surface area contributed by atoms with Crippen molar-refractivity contribution in [3.63, 3.8) is 0 Å². The number of nitrogens with zero attached hydrogens (tertiary/aromatic N) is 1. The third-order valence-corrected chi connectivity index (χ3v) is 5.14. The highest BCUT2D eigenvalue weighted by Crippen LogP contribution is 2.31. The van der Waals surface area contributed by atoms with Gasteiger partial charge in [0.1, 0.15) is 5.58 Å². The van der Waals surface area contributed by atoms with E-state index in [2.05, 4.69) is 53.7 Å². The Kier molecular flexibility index (Phi) is 4.74. The standard InChI is InChI=1S/C21H22BrNO2/c1-21(2,3)15-9-10-19-16(11-15)18(12-20(24)25-19)23(4)13-14-7-5-6-8-17(14)22/h5-12H,13H2,1-4H3. The van der Waals surface area contributed by atoms with E-state index in [0.717, 1.165) is 15.5 Å². The van der Waals surface area contributed by atoms with E-state index >= 15 is 0 Å².